The lowest BCUT2D eigenvalue weighted by atomic mass is 10.2. The van der Waals surface area contributed by atoms with Crippen molar-refractivity contribution in [3.63, 3.8) is 0 Å². The van der Waals surface area contributed by atoms with Gasteiger partial charge < -0.3 is 15.8 Å². The van der Waals surface area contributed by atoms with Crippen molar-refractivity contribution in [2.45, 2.75) is 20.4 Å². The van der Waals surface area contributed by atoms with Gasteiger partial charge in [0.05, 0.1) is 6.61 Å². The van der Waals surface area contributed by atoms with Crippen LogP contribution in [0.25, 0.3) is 0 Å². The number of benzene rings is 1. The summed E-state index contributed by atoms with van der Waals surface area (Å²) in [7, 11) is 0. The Labute approximate surface area is 98.0 Å². The van der Waals surface area contributed by atoms with E-state index in [1.165, 1.54) is 5.56 Å². The molecule has 0 amide bonds. The van der Waals surface area contributed by atoms with Crippen molar-refractivity contribution < 1.29 is 4.74 Å². The van der Waals surface area contributed by atoms with E-state index in [0.29, 0.717) is 12.5 Å². The van der Waals surface area contributed by atoms with Gasteiger partial charge in [-0.05, 0) is 23.6 Å². The van der Waals surface area contributed by atoms with Crippen molar-refractivity contribution in [2.24, 2.45) is 11.7 Å². The summed E-state index contributed by atoms with van der Waals surface area (Å²) in [5.41, 5.74) is 6.65. The van der Waals surface area contributed by atoms with Crippen LogP contribution in [0.5, 0.6) is 5.75 Å². The number of ether oxygens (including phenoxy) is 1. The summed E-state index contributed by atoms with van der Waals surface area (Å²) in [5, 5.41) is 3.26. The lowest BCUT2D eigenvalue weighted by molar-refractivity contribution is 0.271. The third-order valence-corrected chi connectivity index (χ3v) is 2.13. The molecule has 3 N–H and O–H groups in total. The van der Waals surface area contributed by atoms with Crippen molar-refractivity contribution in [1.29, 1.82) is 0 Å². The third kappa shape index (κ3) is 5.14. The van der Waals surface area contributed by atoms with Crippen LogP contribution in [-0.2, 0) is 6.54 Å². The summed E-state index contributed by atoms with van der Waals surface area (Å²) >= 11 is 0. The summed E-state index contributed by atoms with van der Waals surface area (Å²) < 4.78 is 5.66. The second-order valence-electron chi connectivity index (χ2n) is 4.32. The molecule has 0 unspecified atom stereocenters. The van der Waals surface area contributed by atoms with Gasteiger partial charge in [-0.2, -0.15) is 0 Å². The van der Waals surface area contributed by atoms with Crippen molar-refractivity contribution in [3.8, 4) is 5.75 Å². The van der Waals surface area contributed by atoms with Gasteiger partial charge in [0, 0.05) is 19.6 Å². The van der Waals surface area contributed by atoms with E-state index in [2.05, 4.69) is 31.3 Å². The first-order chi connectivity index (χ1) is 7.72. The van der Waals surface area contributed by atoms with Crippen molar-refractivity contribution in [3.05, 3.63) is 29.8 Å². The van der Waals surface area contributed by atoms with Gasteiger partial charge in [-0.3, -0.25) is 0 Å². The van der Waals surface area contributed by atoms with Crippen molar-refractivity contribution in [2.75, 3.05) is 19.7 Å². The molecule has 0 aliphatic carbocycles. The Hall–Kier alpha value is -1.06. The molecule has 0 bridgehead atoms. The minimum absolute atomic E-state index is 0.555. The van der Waals surface area contributed by atoms with Crippen molar-refractivity contribution >= 4 is 0 Å². The Kier molecular flexibility index (Phi) is 5.90. The second kappa shape index (κ2) is 7.25. The standard InChI is InChI=1S/C13H22N2O/c1-11(2)10-16-13-5-3-4-12(8-13)9-15-7-6-14/h3-5,8,11,15H,6-7,9-10,14H2,1-2H3. The lowest BCUT2D eigenvalue weighted by Crippen LogP contribution is -2.21. The normalized spacial score (nSPS) is 10.8. The summed E-state index contributed by atoms with van der Waals surface area (Å²) in [6.45, 7) is 7.41. The number of hydrogen-bond donors (Lipinski definition) is 2. The van der Waals surface area contributed by atoms with Gasteiger partial charge in [0.25, 0.3) is 0 Å². The predicted molar refractivity (Wildman–Crippen MR) is 67.5 cm³/mol. The number of nitrogens with two attached hydrogens (primary N) is 1. The highest BCUT2D eigenvalue weighted by Crippen LogP contribution is 2.14. The summed E-state index contributed by atoms with van der Waals surface area (Å²) in [6.07, 6.45) is 0. The van der Waals surface area contributed by atoms with Crippen LogP contribution < -0.4 is 15.8 Å². The molecule has 0 aliphatic heterocycles. The molecule has 0 aliphatic rings. The van der Waals surface area contributed by atoms with Crippen LogP contribution in [0.15, 0.2) is 24.3 Å². The first-order valence-electron chi connectivity index (χ1n) is 5.85. The second-order valence-corrected chi connectivity index (χ2v) is 4.32. The Morgan fingerprint density at radius 1 is 1.38 bits per heavy atom. The fourth-order valence-corrected chi connectivity index (χ4v) is 1.34. The summed E-state index contributed by atoms with van der Waals surface area (Å²) in [4.78, 5) is 0. The highest BCUT2D eigenvalue weighted by molar-refractivity contribution is 5.28. The van der Waals surface area contributed by atoms with E-state index in [4.69, 9.17) is 10.5 Å². The van der Waals surface area contributed by atoms with E-state index < -0.39 is 0 Å². The van der Waals surface area contributed by atoms with E-state index in [1.807, 2.05) is 12.1 Å². The topological polar surface area (TPSA) is 47.3 Å². The Morgan fingerprint density at radius 2 is 2.19 bits per heavy atom. The molecule has 0 radical (unpaired) electrons. The maximum atomic E-state index is 5.66. The average molecular weight is 222 g/mol. The molecular formula is C13H22N2O. The number of hydrogen-bond acceptors (Lipinski definition) is 3. The molecule has 0 aromatic heterocycles. The Morgan fingerprint density at radius 3 is 2.88 bits per heavy atom. The van der Waals surface area contributed by atoms with Gasteiger partial charge in [-0.25, -0.2) is 0 Å². The highest BCUT2D eigenvalue weighted by atomic mass is 16.5. The molecule has 0 saturated carbocycles. The molecule has 90 valence electrons. The third-order valence-electron chi connectivity index (χ3n) is 2.13. The minimum Gasteiger partial charge on any atom is -0.493 e. The first kappa shape index (κ1) is 13.0. The highest BCUT2D eigenvalue weighted by Gasteiger charge is 1.98. The number of rotatable bonds is 7. The van der Waals surface area contributed by atoms with Crippen LogP contribution in [0.4, 0.5) is 0 Å². The quantitative estimate of drug-likeness (QED) is 0.691. The molecule has 16 heavy (non-hydrogen) atoms. The van der Waals surface area contributed by atoms with Gasteiger partial charge in [0.2, 0.25) is 0 Å². The Bertz CT molecular complexity index is 300. The van der Waals surface area contributed by atoms with Crippen LogP contribution >= 0.6 is 0 Å². The van der Waals surface area contributed by atoms with E-state index in [1.54, 1.807) is 0 Å². The fourth-order valence-electron chi connectivity index (χ4n) is 1.34. The average Bonchev–Trinajstić information content (AvgIpc) is 2.27. The molecule has 3 nitrogen and oxygen atoms in total. The zero-order valence-electron chi connectivity index (χ0n) is 10.2. The largest absolute Gasteiger partial charge is 0.493 e. The maximum Gasteiger partial charge on any atom is 0.119 e. The molecular weight excluding hydrogens is 200 g/mol. The van der Waals surface area contributed by atoms with Crippen LogP contribution in [0.2, 0.25) is 0 Å². The predicted octanol–water partition coefficient (Wildman–Crippen LogP) is 1.77. The van der Waals surface area contributed by atoms with E-state index in [9.17, 15) is 0 Å². The smallest absolute Gasteiger partial charge is 0.119 e. The van der Waals surface area contributed by atoms with Crippen LogP contribution in [0.3, 0.4) is 0 Å². The number of nitrogens with one attached hydrogen (secondary N) is 1. The van der Waals surface area contributed by atoms with E-state index in [-0.39, 0.29) is 0 Å². The SMILES string of the molecule is CC(C)COc1cccc(CNCCN)c1. The minimum atomic E-state index is 0.555. The molecule has 1 rings (SSSR count). The van der Waals surface area contributed by atoms with Crippen LogP contribution in [0, 0.1) is 5.92 Å². The zero-order chi connectivity index (χ0) is 11.8. The van der Waals surface area contributed by atoms with Gasteiger partial charge in [0.1, 0.15) is 5.75 Å². The first-order valence-corrected chi connectivity index (χ1v) is 5.85. The monoisotopic (exact) mass is 222 g/mol. The van der Waals surface area contributed by atoms with E-state index >= 15 is 0 Å². The molecule has 0 spiro atoms. The molecule has 1 aromatic carbocycles. The maximum absolute atomic E-state index is 5.66. The fraction of sp³-hybridized carbons (Fsp3) is 0.538. The van der Waals surface area contributed by atoms with Gasteiger partial charge in [0.15, 0.2) is 0 Å². The van der Waals surface area contributed by atoms with Gasteiger partial charge >= 0.3 is 0 Å². The lowest BCUT2D eigenvalue weighted by Gasteiger charge is -2.10. The van der Waals surface area contributed by atoms with E-state index in [0.717, 1.165) is 25.4 Å². The van der Waals surface area contributed by atoms with Crippen LogP contribution in [0.1, 0.15) is 19.4 Å². The molecule has 1 aromatic rings. The molecule has 0 saturated heterocycles. The molecule has 0 heterocycles. The molecule has 0 atom stereocenters. The van der Waals surface area contributed by atoms with Gasteiger partial charge in [-0.1, -0.05) is 26.0 Å². The zero-order valence-corrected chi connectivity index (χ0v) is 10.2. The molecule has 0 fully saturated rings. The summed E-state index contributed by atoms with van der Waals surface area (Å²) in [6, 6.07) is 8.18. The van der Waals surface area contributed by atoms with Crippen molar-refractivity contribution in [1.82, 2.24) is 5.32 Å². The Balaban J connectivity index is 2.43. The van der Waals surface area contributed by atoms with Gasteiger partial charge in [-0.15, -0.1) is 0 Å². The van der Waals surface area contributed by atoms with Crippen LogP contribution in [-0.4, -0.2) is 19.7 Å². The molecule has 3 heteroatoms. The summed E-state index contributed by atoms with van der Waals surface area (Å²) in [5.74, 6) is 1.50.